The van der Waals surface area contributed by atoms with Crippen LogP contribution < -0.4 is 0 Å². The summed E-state index contributed by atoms with van der Waals surface area (Å²) in [4.78, 5) is 12.4. The maximum Gasteiger partial charge on any atom is 0.156 e. The molecular formula is C11H7N4. The molecule has 71 valence electrons. The fraction of sp³-hybridized carbons (Fsp3) is 0. The summed E-state index contributed by atoms with van der Waals surface area (Å²) in [6.45, 7) is 0. The SMILES string of the molecule is [c]1c(-c2ccncc2)nc2cnccn12. The van der Waals surface area contributed by atoms with Crippen LogP contribution in [0.5, 0.6) is 0 Å². The lowest BCUT2D eigenvalue weighted by atomic mass is 10.2. The fourth-order valence-corrected chi connectivity index (χ4v) is 1.42. The van der Waals surface area contributed by atoms with Gasteiger partial charge in [0.1, 0.15) is 6.20 Å². The van der Waals surface area contributed by atoms with Gasteiger partial charge in [-0.3, -0.25) is 14.4 Å². The van der Waals surface area contributed by atoms with Gasteiger partial charge in [-0.2, -0.15) is 0 Å². The van der Waals surface area contributed by atoms with Crippen LogP contribution in [-0.4, -0.2) is 19.4 Å². The summed E-state index contributed by atoms with van der Waals surface area (Å²) in [6, 6.07) is 3.82. The zero-order chi connectivity index (χ0) is 10.1. The Morgan fingerprint density at radius 2 is 1.93 bits per heavy atom. The Labute approximate surface area is 86.3 Å². The van der Waals surface area contributed by atoms with Gasteiger partial charge in [-0.15, -0.1) is 0 Å². The van der Waals surface area contributed by atoms with Crippen molar-refractivity contribution in [2.75, 3.05) is 0 Å². The molecule has 0 unspecified atom stereocenters. The highest BCUT2D eigenvalue weighted by atomic mass is 15.0. The molecule has 0 atom stereocenters. The van der Waals surface area contributed by atoms with Crippen molar-refractivity contribution in [1.82, 2.24) is 19.4 Å². The second-order valence-electron chi connectivity index (χ2n) is 3.11. The van der Waals surface area contributed by atoms with E-state index in [0.717, 1.165) is 16.9 Å². The predicted octanol–water partition coefficient (Wildman–Crippen LogP) is 1.59. The van der Waals surface area contributed by atoms with Gasteiger partial charge in [-0.05, 0) is 12.1 Å². The van der Waals surface area contributed by atoms with Crippen LogP contribution >= 0.6 is 0 Å². The minimum absolute atomic E-state index is 0.796. The number of aromatic nitrogens is 4. The van der Waals surface area contributed by atoms with E-state index in [1.54, 1.807) is 24.8 Å². The van der Waals surface area contributed by atoms with Crippen molar-refractivity contribution in [1.29, 1.82) is 0 Å². The van der Waals surface area contributed by atoms with Crippen LogP contribution in [0.2, 0.25) is 0 Å². The molecule has 0 bridgehead atoms. The van der Waals surface area contributed by atoms with E-state index in [2.05, 4.69) is 21.1 Å². The second-order valence-corrected chi connectivity index (χ2v) is 3.11. The molecule has 0 amide bonds. The molecule has 0 aliphatic rings. The molecule has 1 radical (unpaired) electrons. The molecule has 4 heteroatoms. The van der Waals surface area contributed by atoms with Gasteiger partial charge in [0.05, 0.1) is 11.9 Å². The van der Waals surface area contributed by atoms with Crippen LogP contribution in [0.3, 0.4) is 0 Å². The van der Waals surface area contributed by atoms with E-state index in [9.17, 15) is 0 Å². The minimum Gasteiger partial charge on any atom is -0.295 e. The Hall–Kier alpha value is -2.23. The Kier molecular flexibility index (Phi) is 1.71. The van der Waals surface area contributed by atoms with Gasteiger partial charge in [-0.1, -0.05) is 0 Å². The van der Waals surface area contributed by atoms with Crippen LogP contribution in [0, 0.1) is 6.20 Å². The van der Waals surface area contributed by atoms with Gasteiger partial charge in [0, 0.05) is 30.4 Å². The summed E-state index contributed by atoms with van der Waals surface area (Å²) in [6.07, 6.45) is 11.9. The van der Waals surface area contributed by atoms with E-state index in [0.29, 0.717) is 0 Å². The minimum atomic E-state index is 0.796. The second kappa shape index (κ2) is 3.16. The van der Waals surface area contributed by atoms with Crippen molar-refractivity contribution in [2.45, 2.75) is 0 Å². The monoisotopic (exact) mass is 195 g/mol. The lowest BCUT2D eigenvalue weighted by molar-refractivity contribution is 1.12. The molecule has 0 saturated carbocycles. The van der Waals surface area contributed by atoms with Crippen LogP contribution in [0.1, 0.15) is 0 Å². The first kappa shape index (κ1) is 8.11. The molecule has 3 aromatic heterocycles. The maximum absolute atomic E-state index is 4.40. The normalized spacial score (nSPS) is 10.7. The van der Waals surface area contributed by atoms with E-state index in [4.69, 9.17) is 0 Å². The van der Waals surface area contributed by atoms with Crippen molar-refractivity contribution in [3.05, 3.63) is 49.3 Å². The molecular weight excluding hydrogens is 188 g/mol. The van der Waals surface area contributed by atoms with Gasteiger partial charge in [0.15, 0.2) is 5.65 Å². The summed E-state index contributed by atoms with van der Waals surface area (Å²) < 4.78 is 1.82. The quantitative estimate of drug-likeness (QED) is 0.592. The van der Waals surface area contributed by atoms with Gasteiger partial charge < -0.3 is 0 Å². The number of hydrogen-bond acceptors (Lipinski definition) is 3. The Bertz CT molecular complexity index is 553. The highest BCUT2D eigenvalue weighted by Gasteiger charge is 2.03. The van der Waals surface area contributed by atoms with Gasteiger partial charge >= 0.3 is 0 Å². The summed E-state index contributed by atoms with van der Waals surface area (Å²) >= 11 is 0. The van der Waals surface area contributed by atoms with Crippen LogP contribution in [0.15, 0.2) is 43.1 Å². The lowest BCUT2D eigenvalue weighted by Crippen LogP contribution is -1.81. The summed E-state index contributed by atoms with van der Waals surface area (Å²) in [5, 5.41) is 0. The summed E-state index contributed by atoms with van der Waals surface area (Å²) in [5.74, 6) is 0. The third kappa shape index (κ3) is 1.36. The van der Waals surface area contributed by atoms with Crippen molar-refractivity contribution in [3.8, 4) is 11.3 Å². The van der Waals surface area contributed by atoms with E-state index >= 15 is 0 Å². The highest BCUT2D eigenvalue weighted by Crippen LogP contribution is 2.16. The molecule has 0 saturated heterocycles. The summed E-state index contributed by atoms with van der Waals surface area (Å²) in [5.41, 5.74) is 2.61. The maximum atomic E-state index is 4.40. The first-order chi connectivity index (χ1) is 7.43. The molecule has 0 spiro atoms. The third-order valence-corrected chi connectivity index (χ3v) is 2.15. The van der Waals surface area contributed by atoms with E-state index in [1.807, 2.05) is 22.7 Å². The molecule has 0 aromatic carbocycles. The topological polar surface area (TPSA) is 43.1 Å². The fourth-order valence-electron chi connectivity index (χ4n) is 1.42. The molecule has 3 rings (SSSR count). The Morgan fingerprint density at radius 1 is 1.07 bits per heavy atom. The number of fused-ring (bicyclic) bond motifs is 1. The van der Waals surface area contributed by atoms with Crippen LogP contribution in [-0.2, 0) is 0 Å². The average Bonchev–Trinajstić information content (AvgIpc) is 2.74. The van der Waals surface area contributed by atoms with E-state index in [1.165, 1.54) is 0 Å². The molecule has 0 aliphatic carbocycles. The predicted molar refractivity (Wildman–Crippen MR) is 55.1 cm³/mol. The van der Waals surface area contributed by atoms with Crippen LogP contribution in [0.4, 0.5) is 0 Å². The highest BCUT2D eigenvalue weighted by molar-refractivity contribution is 5.60. The number of hydrogen-bond donors (Lipinski definition) is 0. The van der Waals surface area contributed by atoms with Crippen molar-refractivity contribution >= 4 is 5.65 Å². The molecule has 4 nitrogen and oxygen atoms in total. The number of nitrogens with zero attached hydrogens (tertiary/aromatic N) is 4. The molecule has 0 N–H and O–H groups in total. The molecule has 3 heterocycles. The van der Waals surface area contributed by atoms with E-state index in [-0.39, 0.29) is 0 Å². The van der Waals surface area contributed by atoms with Gasteiger partial charge in [0.25, 0.3) is 0 Å². The zero-order valence-corrected chi connectivity index (χ0v) is 7.83. The van der Waals surface area contributed by atoms with E-state index < -0.39 is 0 Å². The Morgan fingerprint density at radius 3 is 2.73 bits per heavy atom. The third-order valence-electron chi connectivity index (χ3n) is 2.15. The van der Waals surface area contributed by atoms with Crippen molar-refractivity contribution in [2.24, 2.45) is 0 Å². The van der Waals surface area contributed by atoms with Gasteiger partial charge in [-0.25, -0.2) is 4.98 Å². The van der Waals surface area contributed by atoms with Crippen molar-refractivity contribution < 1.29 is 0 Å². The smallest absolute Gasteiger partial charge is 0.156 e. The first-order valence-electron chi connectivity index (χ1n) is 4.55. The summed E-state index contributed by atoms with van der Waals surface area (Å²) in [7, 11) is 0. The number of pyridine rings is 1. The zero-order valence-electron chi connectivity index (χ0n) is 7.83. The molecule has 0 fully saturated rings. The number of imidazole rings is 1. The average molecular weight is 195 g/mol. The van der Waals surface area contributed by atoms with Crippen molar-refractivity contribution in [3.63, 3.8) is 0 Å². The number of rotatable bonds is 1. The standard InChI is InChI=1S/C11H7N4/c1-3-12-4-2-9(1)10-8-15-6-5-13-7-11(15)14-10/h1-7H. The van der Waals surface area contributed by atoms with Gasteiger partial charge in [0.2, 0.25) is 0 Å². The molecule has 15 heavy (non-hydrogen) atoms. The largest absolute Gasteiger partial charge is 0.295 e. The molecule has 3 aromatic rings. The molecule has 0 aliphatic heterocycles. The lowest BCUT2D eigenvalue weighted by Gasteiger charge is -1.91. The Balaban J connectivity index is 2.21. The first-order valence-corrected chi connectivity index (χ1v) is 4.55. The van der Waals surface area contributed by atoms with Crippen LogP contribution in [0.25, 0.3) is 16.9 Å².